The fourth-order valence-electron chi connectivity index (χ4n) is 3.44. The SMILES string of the molecule is CN(C)CCSc1ccc(/C=c2\[nH]c(=O)/c(=C/c3ccc(OCc4ccccc4)cc3)[nH]c2=O)cc1. The highest BCUT2D eigenvalue weighted by atomic mass is 32.2. The maximum absolute atomic E-state index is 12.6. The third kappa shape index (κ3) is 7.34. The third-order valence-electron chi connectivity index (χ3n) is 5.42. The molecule has 0 aliphatic heterocycles. The van der Waals surface area contributed by atoms with E-state index >= 15 is 0 Å². The molecule has 0 bridgehead atoms. The van der Waals surface area contributed by atoms with Crippen LogP contribution in [0.25, 0.3) is 12.2 Å². The van der Waals surface area contributed by atoms with Gasteiger partial charge in [0.05, 0.1) is 0 Å². The topological polar surface area (TPSA) is 78.2 Å². The average Bonchev–Trinajstić information content (AvgIpc) is 2.88. The molecule has 4 aromatic rings. The molecule has 2 N–H and O–H groups in total. The lowest BCUT2D eigenvalue weighted by Gasteiger charge is -2.08. The zero-order valence-electron chi connectivity index (χ0n) is 20.4. The second kappa shape index (κ2) is 12.2. The first-order chi connectivity index (χ1) is 17.5. The summed E-state index contributed by atoms with van der Waals surface area (Å²) in [5.41, 5.74) is 2.00. The number of H-pyrrole nitrogens is 2. The van der Waals surface area contributed by atoms with Crippen LogP contribution in [0.4, 0.5) is 0 Å². The summed E-state index contributed by atoms with van der Waals surface area (Å²) < 4.78 is 5.80. The molecule has 0 saturated heterocycles. The van der Waals surface area contributed by atoms with Crippen molar-refractivity contribution >= 4 is 23.9 Å². The van der Waals surface area contributed by atoms with Crippen molar-refractivity contribution in [2.24, 2.45) is 0 Å². The van der Waals surface area contributed by atoms with Crippen molar-refractivity contribution in [3.8, 4) is 5.75 Å². The number of ether oxygens (including phenoxy) is 1. The van der Waals surface area contributed by atoms with Gasteiger partial charge in [-0.15, -0.1) is 11.8 Å². The summed E-state index contributed by atoms with van der Waals surface area (Å²) in [5.74, 6) is 1.73. The largest absolute Gasteiger partial charge is 0.489 e. The van der Waals surface area contributed by atoms with E-state index in [2.05, 4.69) is 29.0 Å². The van der Waals surface area contributed by atoms with Gasteiger partial charge in [0.1, 0.15) is 23.1 Å². The molecular formula is C29H29N3O3S. The lowest BCUT2D eigenvalue weighted by Crippen LogP contribution is -2.46. The second-order valence-corrected chi connectivity index (χ2v) is 9.76. The maximum Gasteiger partial charge on any atom is 0.272 e. The second-order valence-electron chi connectivity index (χ2n) is 8.59. The van der Waals surface area contributed by atoms with E-state index in [1.54, 1.807) is 23.9 Å². The number of aromatic amines is 2. The van der Waals surface area contributed by atoms with Crippen LogP contribution in [0.15, 0.2) is 93.3 Å². The lowest BCUT2D eigenvalue weighted by atomic mass is 10.2. The minimum Gasteiger partial charge on any atom is -0.489 e. The Kier molecular flexibility index (Phi) is 8.60. The first kappa shape index (κ1) is 25.3. The molecule has 0 unspecified atom stereocenters. The molecule has 0 saturated carbocycles. The number of aromatic nitrogens is 2. The van der Waals surface area contributed by atoms with Crippen molar-refractivity contribution in [2.75, 3.05) is 26.4 Å². The van der Waals surface area contributed by atoms with E-state index in [1.165, 1.54) is 0 Å². The Balaban J connectivity index is 1.47. The zero-order valence-corrected chi connectivity index (χ0v) is 21.2. The third-order valence-corrected chi connectivity index (χ3v) is 6.42. The molecule has 0 fully saturated rings. The van der Waals surface area contributed by atoms with E-state index in [1.807, 2.05) is 78.9 Å². The summed E-state index contributed by atoms with van der Waals surface area (Å²) >= 11 is 1.78. The highest BCUT2D eigenvalue weighted by molar-refractivity contribution is 7.99. The fraction of sp³-hybridized carbons (Fsp3) is 0.172. The van der Waals surface area contributed by atoms with Gasteiger partial charge in [-0.25, -0.2) is 0 Å². The summed E-state index contributed by atoms with van der Waals surface area (Å²) in [6, 6.07) is 25.2. The van der Waals surface area contributed by atoms with Crippen LogP contribution in [0.5, 0.6) is 5.75 Å². The molecule has 0 spiro atoms. The van der Waals surface area contributed by atoms with E-state index < -0.39 is 0 Å². The van der Waals surface area contributed by atoms with E-state index in [-0.39, 0.29) is 21.8 Å². The molecule has 184 valence electrons. The summed E-state index contributed by atoms with van der Waals surface area (Å²) in [6.07, 6.45) is 3.32. The first-order valence-electron chi connectivity index (χ1n) is 11.7. The van der Waals surface area contributed by atoms with Gasteiger partial charge in [-0.1, -0.05) is 54.6 Å². The number of hydrogen-bond donors (Lipinski definition) is 2. The van der Waals surface area contributed by atoms with Crippen molar-refractivity contribution in [1.29, 1.82) is 0 Å². The molecule has 6 nitrogen and oxygen atoms in total. The van der Waals surface area contributed by atoms with Crippen LogP contribution >= 0.6 is 11.8 Å². The molecule has 36 heavy (non-hydrogen) atoms. The first-order valence-corrected chi connectivity index (χ1v) is 12.7. The molecule has 0 radical (unpaired) electrons. The van der Waals surface area contributed by atoms with Crippen LogP contribution in [-0.4, -0.2) is 41.3 Å². The quantitative estimate of drug-likeness (QED) is 0.346. The average molecular weight is 500 g/mol. The predicted molar refractivity (Wildman–Crippen MR) is 147 cm³/mol. The number of nitrogens with one attached hydrogen (secondary N) is 2. The van der Waals surface area contributed by atoms with Crippen molar-refractivity contribution in [1.82, 2.24) is 14.9 Å². The van der Waals surface area contributed by atoms with Crippen LogP contribution in [0, 0.1) is 0 Å². The number of nitrogens with zero attached hydrogens (tertiary/aromatic N) is 1. The monoisotopic (exact) mass is 499 g/mol. The number of rotatable bonds is 9. The van der Waals surface area contributed by atoms with Crippen LogP contribution in [0.1, 0.15) is 16.7 Å². The minimum atomic E-state index is -0.360. The highest BCUT2D eigenvalue weighted by Crippen LogP contribution is 2.18. The van der Waals surface area contributed by atoms with Gasteiger partial charge < -0.3 is 19.6 Å². The molecule has 0 aliphatic rings. The standard InChI is InChI=1S/C29H29N3O3S/c1-32(2)16-17-36-25-14-10-22(11-15-25)19-27-29(34)30-26(28(33)31-27)18-21-8-12-24(13-9-21)35-20-23-6-4-3-5-7-23/h3-15,18-19H,16-17,20H2,1-2H3,(H,30,34)(H,31,33)/b26-18-,27-19-. The van der Waals surface area contributed by atoms with Gasteiger partial charge in [-0.2, -0.15) is 0 Å². The molecule has 4 rings (SSSR count). The Hall–Kier alpha value is -3.81. The van der Waals surface area contributed by atoms with E-state index in [0.29, 0.717) is 6.61 Å². The van der Waals surface area contributed by atoms with Gasteiger partial charge in [0.25, 0.3) is 11.1 Å². The smallest absolute Gasteiger partial charge is 0.272 e. The molecule has 0 amide bonds. The summed E-state index contributed by atoms with van der Waals surface area (Å²) in [6.45, 7) is 1.48. The summed E-state index contributed by atoms with van der Waals surface area (Å²) in [5, 5.41) is 0.414. The predicted octanol–water partition coefficient (Wildman–Crippen LogP) is 2.95. The maximum atomic E-state index is 12.6. The number of thioether (sulfide) groups is 1. The minimum absolute atomic E-state index is 0.197. The van der Waals surface area contributed by atoms with Crippen LogP contribution < -0.4 is 26.6 Å². The van der Waals surface area contributed by atoms with Crippen LogP contribution in [0.3, 0.4) is 0 Å². The van der Waals surface area contributed by atoms with Crippen molar-refractivity contribution in [3.63, 3.8) is 0 Å². The molecule has 1 aromatic heterocycles. The molecule has 0 aliphatic carbocycles. The number of hydrogen-bond acceptors (Lipinski definition) is 5. The summed E-state index contributed by atoms with van der Waals surface area (Å²) in [7, 11) is 4.11. The van der Waals surface area contributed by atoms with E-state index in [9.17, 15) is 9.59 Å². The van der Waals surface area contributed by atoms with Gasteiger partial charge in [-0.05, 0) is 67.2 Å². The Labute approximate surface area is 214 Å². The van der Waals surface area contributed by atoms with E-state index in [0.717, 1.165) is 39.6 Å². The Morgan fingerprint density at radius 1 is 0.778 bits per heavy atom. The van der Waals surface area contributed by atoms with Crippen LogP contribution in [0.2, 0.25) is 0 Å². The molecule has 3 aromatic carbocycles. The Bertz CT molecular complexity index is 1510. The Morgan fingerprint density at radius 2 is 1.33 bits per heavy atom. The van der Waals surface area contributed by atoms with Gasteiger partial charge in [0.15, 0.2) is 0 Å². The van der Waals surface area contributed by atoms with Crippen LogP contribution in [-0.2, 0) is 6.61 Å². The van der Waals surface area contributed by atoms with Gasteiger partial charge >= 0.3 is 0 Å². The fourth-order valence-corrected chi connectivity index (χ4v) is 4.46. The lowest BCUT2D eigenvalue weighted by molar-refractivity contribution is 0.306. The van der Waals surface area contributed by atoms with Gasteiger partial charge in [0.2, 0.25) is 0 Å². The number of benzene rings is 3. The molecule has 0 atom stereocenters. The zero-order chi connectivity index (χ0) is 25.3. The summed E-state index contributed by atoms with van der Waals surface area (Å²) in [4.78, 5) is 34.0. The van der Waals surface area contributed by atoms with E-state index in [4.69, 9.17) is 4.74 Å². The molecule has 7 heteroatoms. The van der Waals surface area contributed by atoms with Crippen molar-refractivity contribution in [2.45, 2.75) is 11.5 Å². The molecular weight excluding hydrogens is 470 g/mol. The van der Waals surface area contributed by atoms with Crippen molar-refractivity contribution < 1.29 is 4.74 Å². The normalized spacial score (nSPS) is 12.3. The van der Waals surface area contributed by atoms with Gasteiger partial charge in [0, 0.05) is 17.2 Å². The van der Waals surface area contributed by atoms with Crippen molar-refractivity contribution in [3.05, 3.63) is 127 Å². The molecule has 1 heterocycles. The Morgan fingerprint density at radius 3 is 1.89 bits per heavy atom. The highest BCUT2D eigenvalue weighted by Gasteiger charge is 2.00. The van der Waals surface area contributed by atoms with Gasteiger partial charge in [-0.3, -0.25) is 9.59 Å².